The van der Waals surface area contributed by atoms with Crippen LogP contribution in [0, 0.1) is 0 Å². The van der Waals surface area contributed by atoms with Gasteiger partial charge in [-0.15, -0.1) is 11.3 Å². The van der Waals surface area contributed by atoms with Crippen LogP contribution < -0.4 is 9.47 Å². The average molecular weight is 311 g/mol. The fourth-order valence-corrected chi connectivity index (χ4v) is 4.32. The maximum absolute atomic E-state index is 5.72. The van der Waals surface area contributed by atoms with Crippen molar-refractivity contribution in [3.63, 3.8) is 0 Å². The van der Waals surface area contributed by atoms with Crippen LogP contribution in [0.3, 0.4) is 0 Å². The molecule has 0 aliphatic heterocycles. The summed E-state index contributed by atoms with van der Waals surface area (Å²) in [5.74, 6) is 1.80. The minimum atomic E-state index is -0.0570. The summed E-state index contributed by atoms with van der Waals surface area (Å²) in [4.78, 5) is 2.52. The molecule has 0 amide bonds. The molecule has 0 spiro atoms. The molecule has 2 nitrogen and oxygen atoms in total. The van der Waals surface area contributed by atoms with E-state index in [4.69, 9.17) is 9.47 Å². The maximum atomic E-state index is 5.72. The molecule has 0 aliphatic carbocycles. The van der Waals surface area contributed by atoms with Gasteiger partial charge in [-0.05, 0) is 13.3 Å². The monoisotopic (exact) mass is 310 g/mol. The smallest absolute Gasteiger partial charge is 0.175 e. The number of methoxy groups -OCH3 is 2. The number of hydrogen-bond donors (Lipinski definition) is 0. The van der Waals surface area contributed by atoms with Crippen LogP contribution in [-0.2, 0) is 10.8 Å². The number of thiophene rings is 1. The minimum Gasteiger partial charge on any atom is -0.492 e. The Bertz CT molecular complexity index is 496. The largest absolute Gasteiger partial charge is 0.492 e. The van der Waals surface area contributed by atoms with Gasteiger partial charge in [0, 0.05) is 10.8 Å². The number of allylic oxidation sites excluding steroid dienone is 2. The van der Waals surface area contributed by atoms with Crippen molar-refractivity contribution in [1.29, 1.82) is 0 Å². The molecule has 0 bridgehead atoms. The van der Waals surface area contributed by atoms with Crippen LogP contribution in [-0.4, -0.2) is 14.2 Å². The average Bonchev–Trinajstić information content (AvgIpc) is 2.78. The quantitative estimate of drug-likeness (QED) is 0.602. The Morgan fingerprint density at radius 3 is 1.95 bits per heavy atom. The van der Waals surface area contributed by atoms with Crippen LogP contribution in [0.25, 0.3) is 0 Å². The number of ether oxygens (including phenoxy) is 2. The van der Waals surface area contributed by atoms with Gasteiger partial charge in [-0.3, -0.25) is 0 Å². The second-order valence-corrected chi connectivity index (χ2v) is 7.70. The molecule has 0 saturated carbocycles. The molecule has 1 aromatic rings. The number of rotatable bonds is 7. The van der Waals surface area contributed by atoms with Crippen molar-refractivity contribution in [2.75, 3.05) is 14.2 Å². The van der Waals surface area contributed by atoms with E-state index in [1.807, 2.05) is 11.3 Å². The van der Waals surface area contributed by atoms with Gasteiger partial charge < -0.3 is 9.47 Å². The topological polar surface area (TPSA) is 18.5 Å². The van der Waals surface area contributed by atoms with E-state index >= 15 is 0 Å². The van der Waals surface area contributed by atoms with Crippen molar-refractivity contribution >= 4 is 11.3 Å². The van der Waals surface area contributed by atoms with Crippen LogP contribution in [0.1, 0.15) is 64.1 Å². The predicted molar refractivity (Wildman–Crippen MR) is 93.2 cm³/mol. The van der Waals surface area contributed by atoms with E-state index in [0.717, 1.165) is 24.3 Å². The SMILES string of the molecule is C/C=C\C(C)(C)c1sc(C(C)(C)CCC)c(OC)c1OC. The molecule has 0 atom stereocenters. The van der Waals surface area contributed by atoms with Crippen molar-refractivity contribution in [3.05, 3.63) is 21.9 Å². The van der Waals surface area contributed by atoms with Crippen LogP contribution in [0.5, 0.6) is 11.5 Å². The molecule has 0 unspecified atom stereocenters. The van der Waals surface area contributed by atoms with Crippen LogP contribution in [0.4, 0.5) is 0 Å². The van der Waals surface area contributed by atoms with Crippen molar-refractivity contribution in [2.24, 2.45) is 0 Å². The minimum absolute atomic E-state index is 0.0570. The molecule has 0 N–H and O–H groups in total. The normalized spacial score (nSPS) is 13.0. The van der Waals surface area contributed by atoms with E-state index in [1.165, 1.54) is 9.75 Å². The van der Waals surface area contributed by atoms with Crippen LogP contribution >= 0.6 is 11.3 Å². The fraction of sp³-hybridized carbons (Fsp3) is 0.667. The molecular weight excluding hydrogens is 280 g/mol. The van der Waals surface area contributed by atoms with Crippen molar-refractivity contribution in [2.45, 2.75) is 65.2 Å². The second-order valence-electron chi connectivity index (χ2n) is 6.68. The van der Waals surface area contributed by atoms with E-state index in [1.54, 1.807) is 14.2 Å². The third-order valence-corrected chi connectivity index (χ3v) is 5.75. The van der Waals surface area contributed by atoms with Crippen LogP contribution in [0.15, 0.2) is 12.2 Å². The Morgan fingerprint density at radius 1 is 1.00 bits per heavy atom. The van der Waals surface area contributed by atoms with E-state index < -0.39 is 0 Å². The second kappa shape index (κ2) is 6.87. The summed E-state index contributed by atoms with van der Waals surface area (Å²) in [7, 11) is 3.47. The van der Waals surface area contributed by atoms with Crippen molar-refractivity contribution < 1.29 is 9.47 Å². The Morgan fingerprint density at radius 2 is 1.52 bits per heavy atom. The molecule has 0 aromatic carbocycles. The van der Waals surface area contributed by atoms with Gasteiger partial charge in [0.15, 0.2) is 11.5 Å². The first-order valence-corrected chi connectivity index (χ1v) is 8.46. The van der Waals surface area contributed by atoms with Gasteiger partial charge in [0.05, 0.1) is 24.0 Å². The molecular formula is C18H30O2S. The molecule has 0 saturated heterocycles. The molecule has 3 heteroatoms. The zero-order valence-electron chi connectivity index (χ0n) is 14.8. The summed E-state index contributed by atoms with van der Waals surface area (Å²) in [6, 6.07) is 0. The lowest BCUT2D eigenvalue weighted by Crippen LogP contribution is -2.15. The zero-order chi connectivity index (χ0) is 16.3. The standard InChI is InChI=1S/C18H30O2S/c1-9-11-17(3,4)15-13(19-7)14(20-8)16(21-15)18(5,6)12-10-2/h9,11H,10,12H2,1-8H3/b11-9-. The van der Waals surface area contributed by atoms with Gasteiger partial charge in [-0.2, -0.15) is 0 Å². The van der Waals surface area contributed by atoms with Gasteiger partial charge >= 0.3 is 0 Å². The van der Waals surface area contributed by atoms with Crippen molar-refractivity contribution in [3.8, 4) is 11.5 Å². The predicted octanol–water partition coefficient (Wildman–Crippen LogP) is 5.70. The van der Waals surface area contributed by atoms with Gasteiger partial charge in [0.25, 0.3) is 0 Å². The summed E-state index contributed by atoms with van der Waals surface area (Å²) in [5, 5.41) is 0. The lowest BCUT2D eigenvalue weighted by atomic mass is 9.85. The third kappa shape index (κ3) is 3.63. The molecule has 1 heterocycles. The third-order valence-electron chi connectivity index (χ3n) is 3.89. The van der Waals surface area contributed by atoms with E-state index in [2.05, 4.69) is 53.7 Å². The lowest BCUT2D eigenvalue weighted by molar-refractivity contribution is 0.341. The molecule has 1 rings (SSSR count). The number of hydrogen-bond acceptors (Lipinski definition) is 3. The Balaban J connectivity index is 3.52. The molecule has 0 aliphatic rings. The molecule has 0 radical (unpaired) electrons. The van der Waals surface area contributed by atoms with Crippen LogP contribution in [0.2, 0.25) is 0 Å². The van der Waals surface area contributed by atoms with Gasteiger partial charge in [-0.1, -0.05) is 53.2 Å². The summed E-state index contributed by atoms with van der Waals surface area (Å²) < 4.78 is 11.4. The highest BCUT2D eigenvalue weighted by molar-refractivity contribution is 7.13. The Hall–Kier alpha value is -0.960. The fourth-order valence-electron chi connectivity index (χ4n) is 2.87. The highest BCUT2D eigenvalue weighted by Gasteiger charge is 2.35. The summed E-state index contributed by atoms with van der Waals surface area (Å²) in [6.07, 6.45) is 6.61. The maximum Gasteiger partial charge on any atom is 0.175 e. The van der Waals surface area contributed by atoms with E-state index in [0.29, 0.717) is 0 Å². The van der Waals surface area contributed by atoms with Gasteiger partial charge in [0.2, 0.25) is 0 Å². The zero-order valence-corrected chi connectivity index (χ0v) is 15.6. The highest BCUT2D eigenvalue weighted by atomic mass is 32.1. The first-order valence-electron chi connectivity index (χ1n) is 7.64. The van der Waals surface area contributed by atoms with E-state index in [9.17, 15) is 0 Å². The molecule has 120 valence electrons. The van der Waals surface area contributed by atoms with Gasteiger partial charge in [0.1, 0.15) is 0 Å². The highest BCUT2D eigenvalue weighted by Crippen LogP contribution is 2.52. The Kier molecular flexibility index (Phi) is 5.92. The van der Waals surface area contributed by atoms with Crippen molar-refractivity contribution in [1.82, 2.24) is 0 Å². The summed E-state index contributed by atoms with van der Waals surface area (Å²) in [6.45, 7) is 13.3. The first-order chi connectivity index (χ1) is 9.75. The first kappa shape index (κ1) is 18.1. The molecule has 0 fully saturated rings. The lowest BCUT2D eigenvalue weighted by Gasteiger charge is -2.23. The summed E-state index contributed by atoms with van der Waals surface area (Å²) in [5.41, 5.74) is 0.0425. The molecule has 1 aromatic heterocycles. The summed E-state index contributed by atoms with van der Waals surface area (Å²) >= 11 is 1.83. The Labute approximate surface area is 134 Å². The molecule has 21 heavy (non-hydrogen) atoms. The van der Waals surface area contributed by atoms with E-state index in [-0.39, 0.29) is 10.8 Å². The van der Waals surface area contributed by atoms with Gasteiger partial charge in [-0.25, -0.2) is 0 Å².